The van der Waals surface area contributed by atoms with Crippen molar-refractivity contribution in [2.45, 2.75) is 19.8 Å². The van der Waals surface area contributed by atoms with Crippen LogP contribution < -0.4 is 5.73 Å². The summed E-state index contributed by atoms with van der Waals surface area (Å²) in [5.41, 5.74) is 7.69. The molecular weight excluding hydrogens is 318 g/mol. The van der Waals surface area contributed by atoms with Gasteiger partial charge in [-0.25, -0.2) is 0 Å². The van der Waals surface area contributed by atoms with Crippen molar-refractivity contribution in [3.05, 3.63) is 41.6 Å². The van der Waals surface area contributed by atoms with Crippen molar-refractivity contribution in [1.82, 2.24) is 9.88 Å². The van der Waals surface area contributed by atoms with Gasteiger partial charge in [0.2, 0.25) is 0 Å². The SMILES string of the molecule is COC(=O)C1(CN)CCN(C(=O)c2cnc3c(C)cccc3c2)CC1. The molecule has 0 aliphatic carbocycles. The molecule has 2 N–H and O–H groups in total. The highest BCUT2D eigenvalue weighted by Crippen LogP contribution is 2.32. The summed E-state index contributed by atoms with van der Waals surface area (Å²) in [7, 11) is 1.38. The minimum absolute atomic E-state index is 0.0635. The first-order valence-corrected chi connectivity index (χ1v) is 8.44. The molecule has 1 aliphatic rings. The van der Waals surface area contributed by atoms with Crippen LogP contribution in [0, 0.1) is 12.3 Å². The van der Waals surface area contributed by atoms with E-state index in [1.54, 1.807) is 11.1 Å². The van der Waals surface area contributed by atoms with Gasteiger partial charge in [-0.3, -0.25) is 14.6 Å². The van der Waals surface area contributed by atoms with Gasteiger partial charge < -0.3 is 15.4 Å². The zero-order valence-corrected chi connectivity index (χ0v) is 14.6. The summed E-state index contributed by atoms with van der Waals surface area (Å²) < 4.78 is 4.89. The summed E-state index contributed by atoms with van der Waals surface area (Å²) >= 11 is 0. The average molecular weight is 341 g/mol. The van der Waals surface area contributed by atoms with Gasteiger partial charge in [0, 0.05) is 31.2 Å². The molecule has 0 unspecified atom stereocenters. The van der Waals surface area contributed by atoms with Crippen LogP contribution >= 0.6 is 0 Å². The number of aryl methyl sites for hydroxylation is 1. The lowest BCUT2D eigenvalue weighted by atomic mass is 9.78. The van der Waals surface area contributed by atoms with Crippen molar-refractivity contribution < 1.29 is 14.3 Å². The molecule has 0 radical (unpaired) electrons. The van der Waals surface area contributed by atoms with E-state index < -0.39 is 5.41 Å². The smallest absolute Gasteiger partial charge is 0.313 e. The maximum Gasteiger partial charge on any atom is 0.313 e. The van der Waals surface area contributed by atoms with Crippen molar-refractivity contribution in [2.75, 3.05) is 26.7 Å². The van der Waals surface area contributed by atoms with E-state index in [0.717, 1.165) is 16.5 Å². The zero-order valence-electron chi connectivity index (χ0n) is 14.6. The second-order valence-electron chi connectivity index (χ2n) is 6.64. The fourth-order valence-corrected chi connectivity index (χ4v) is 3.46. The first-order valence-electron chi connectivity index (χ1n) is 8.44. The van der Waals surface area contributed by atoms with Gasteiger partial charge in [-0.05, 0) is 31.4 Å². The Morgan fingerprint density at radius 3 is 2.68 bits per heavy atom. The highest BCUT2D eigenvalue weighted by molar-refractivity contribution is 5.97. The van der Waals surface area contributed by atoms with Crippen LogP contribution in [0.2, 0.25) is 0 Å². The number of fused-ring (bicyclic) bond motifs is 1. The molecule has 25 heavy (non-hydrogen) atoms. The van der Waals surface area contributed by atoms with E-state index in [2.05, 4.69) is 4.98 Å². The number of carbonyl (C=O) groups excluding carboxylic acids is 2. The normalized spacial score (nSPS) is 16.7. The molecule has 1 amide bonds. The van der Waals surface area contributed by atoms with E-state index in [9.17, 15) is 9.59 Å². The number of ether oxygens (including phenoxy) is 1. The van der Waals surface area contributed by atoms with Gasteiger partial charge in [0.25, 0.3) is 5.91 Å². The monoisotopic (exact) mass is 341 g/mol. The number of pyridine rings is 1. The number of benzene rings is 1. The van der Waals surface area contributed by atoms with Gasteiger partial charge >= 0.3 is 5.97 Å². The van der Waals surface area contributed by atoms with Crippen LogP contribution in [-0.2, 0) is 9.53 Å². The predicted octanol–water partition coefficient (Wildman–Crippen LogP) is 1.90. The Kier molecular flexibility index (Phi) is 4.72. The van der Waals surface area contributed by atoms with E-state index in [0.29, 0.717) is 31.5 Å². The number of methoxy groups -OCH3 is 1. The van der Waals surface area contributed by atoms with E-state index >= 15 is 0 Å². The molecule has 1 aromatic carbocycles. The molecule has 1 fully saturated rings. The van der Waals surface area contributed by atoms with Crippen molar-refractivity contribution in [1.29, 1.82) is 0 Å². The molecule has 2 aromatic rings. The Hall–Kier alpha value is -2.47. The lowest BCUT2D eigenvalue weighted by Crippen LogP contribution is -2.50. The van der Waals surface area contributed by atoms with Gasteiger partial charge in [-0.2, -0.15) is 0 Å². The number of amides is 1. The number of carbonyl (C=O) groups is 2. The number of nitrogens with two attached hydrogens (primary N) is 1. The summed E-state index contributed by atoms with van der Waals surface area (Å²) in [5, 5.41) is 0.953. The number of piperidine rings is 1. The fourth-order valence-electron chi connectivity index (χ4n) is 3.46. The van der Waals surface area contributed by atoms with Gasteiger partial charge in [0.1, 0.15) is 0 Å². The van der Waals surface area contributed by atoms with E-state index in [-0.39, 0.29) is 18.4 Å². The maximum atomic E-state index is 12.8. The number of likely N-dealkylation sites (tertiary alicyclic amines) is 1. The number of rotatable bonds is 3. The highest BCUT2D eigenvalue weighted by Gasteiger charge is 2.42. The first-order chi connectivity index (χ1) is 12.0. The van der Waals surface area contributed by atoms with Crippen LogP contribution in [-0.4, -0.2) is 48.5 Å². The number of para-hydroxylation sites is 1. The number of hydrogen-bond donors (Lipinski definition) is 1. The van der Waals surface area contributed by atoms with Crippen molar-refractivity contribution in [2.24, 2.45) is 11.1 Å². The molecule has 1 aliphatic heterocycles. The molecule has 3 rings (SSSR count). The Balaban J connectivity index is 1.78. The number of nitrogens with zero attached hydrogens (tertiary/aromatic N) is 2. The summed E-state index contributed by atoms with van der Waals surface area (Å²) in [4.78, 5) is 31.0. The van der Waals surface area contributed by atoms with Crippen molar-refractivity contribution in [3.8, 4) is 0 Å². The van der Waals surface area contributed by atoms with Gasteiger partial charge in [-0.1, -0.05) is 18.2 Å². The Bertz CT molecular complexity index is 811. The van der Waals surface area contributed by atoms with Gasteiger partial charge in [0.15, 0.2) is 0 Å². The summed E-state index contributed by atoms with van der Waals surface area (Å²) in [6.07, 6.45) is 2.66. The van der Waals surface area contributed by atoms with E-state index in [1.807, 2.05) is 31.2 Å². The van der Waals surface area contributed by atoms with E-state index in [4.69, 9.17) is 10.5 Å². The third-order valence-corrected chi connectivity index (χ3v) is 5.18. The number of esters is 1. The number of hydrogen-bond acceptors (Lipinski definition) is 5. The van der Waals surface area contributed by atoms with Crippen molar-refractivity contribution in [3.63, 3.8) is 0 Å². The van der Waals surface area contributed by atoms with Crippen LogP contribution in [0.5, 0.6) is 0 Å². The maximum absolute atomic E-state index is 12.8. The molecule has 0 atom stereocenters. The van der Waals surface area contributed by atoms with E-state index in [1.165, 1.54) is 7.11 Å². The van der Waals surface area contributed by atoms with Crippen LogP contribution in [0.25, 0.3) is 10.9 Å². The first kappa shape index (κ1) is 17.4. The summed E-state index contributed by atoms with van der Waals surface area (Å²) in [6.45, 7) is 3.20. The topological polar surface area (TPSA) is 85.5 Å². The molecule has 0 spiro atoms. The average Bonchev–Trinajstić information content (AvgIpc) is 2.66. The van der Waals surface area contributed by atoms with Crippen LogP contribution in [0.4, 0.5) is 0 Å². The Labute approximate surface area is 147 Å². The second-order valence-corrected chi connectivity index (χ2v) is 6.64. The van der Waals surface area contributed by atoms with Gasteiger partial charge in [0.05, 0.1) is 23.6 Å². The molecule has 1 aromatic heterocycles. The quantitative estimate of drug-likeness (QED) is 0.862. The second kappa shape index (κ2) is 6.80. The fraction of sp³-hybridized carbons (Fsp3) is 0.421. The summed E-state index contributed by atoms with van der Waals surface area (Å²) in [5.74, 6) is -0.351. The van der Waals surface area contributed by atoms with Crippen LogP contribution in [0.3, 0.4) is 0 Å². The minimum atomic E-state index is -0.676. The molecular formula is C19H23N3O3. The molecule has 0 saturated carbocycles. The standard InChI is InChI=1S/C19H23N3O3/c1-13-4-3-5-14-10-15(11-21-16(13)14)17(23)22-8-6-19(12-20,7-9-22)18(24)25-2/h3-5,10-11H,6-9,12,20H2,1-2H3. The van der Waals surface area contributed by atoms with Gasteiger partial charge in [-0.15, -0.1) is 0 Å². The Morgan fingerprint density at radius 1 is 1.32 bits per heavy atom. The van der Waals surface area contributed by atoms with Crippen molar-refractivity contribution >= 4 is 22.8 Å². The molecule has 6 heteroatoms. The summed E-state index contributed by atoms with van der Waals surface area (Å²) in [6, 6.07) is 7.79. The van der Waals surface area contributed by atoms with Crippen LogP contribution in [0.1, 0.15) is 28.8 Å². The minimum Gasteiger partial charge on any atom is -0.469 e. The largest absolute Gasteiger partial charge is 0.469 e. The third-order valence-electron chi connectivity index (χ3n) is 5.18. The molecule has 1 saturated heterocycles. The lowest BCUT2D eigenvalue weighted by Gasteiger charge is -2.38. The Morgan fingerprint density at radius 2 is 2.04 bits per heavy atom. The molecule has 2 heterocycles. The molecule has 0 bridgehead atoms. The predicted molar refractivity (Wildman–Crippen MR) is 95.1 cm³/mol. The molecule has 6 nitrogen and oxygen atoms in total. The molecule has 132 valence electrons. The zero-order chi connectivity index (χ0) is 18.0. The lowest BCUT2D eigenvalue weighted by molar-refractivity contribution is -0.154. The van der Waals surface area contributed by atoms with Crippen LogP contribution in [0.15, 0.2) is 30.5 Å². The third kappa shape index (κ3) is 3.09. The highest BCUT2D eigenvalue weighted by atomic mass is 16.5. The number of aromatic nitrogens is 1.